The van der Waals surface area contributed by atoms with Crippen molar-refractivity contribution < 1.29 is 0 Å². The van der Waals surface area contributed by atoms with Gasteiger partial charge in [0.05, 0.1) is 5.52 Å². The highest BCUT2D eigenvalue weighted by atomic mass is 35.5. The molecule has 16 heavy (non-hydrogen) atoms. The summed E-state index contributed by atoms with van der Waals surface area (Å²) in [7, 11) is 0. The Labute approximate surface area is 106 Å². The molecule has 0 fully saturated rings. The molecule has 86 valence electrons. The standard InChI is InChI=1S/C10H8Cl2N2.C2H6/c1-5-3-6(2)8-7(4-5)9(11)14-10(12)13-8;1-2/h3-4H,1-2H3;1-2H3. The van der Waals surface area contributed by atoms with Crippen molar-refractivity contribution in [3.05, 3.63) is 33.7 Å². The molecule has 0 unspecified atom stereocenters. The van der Waals surface area contributed by atoms with Crippen molar-refractivity contribution in [2.75, 3.05) is 0 Å². The third-order valence-electron chi connectivity index (χ3n) is 2.06. The first-order valence-corrected chi connectivity index (χ1v) is 5.93. The lowest BCUT2D eigenvalue weighted by atomic mass is 10.1. The molecule has 0 spiro atoms. The van der Waals surface area contributed by atoms with Gasteiger partial charge >= 0.3 is 0 Å². The van der Waals surface area contributed by atoms with Crippen LogP contribution in [0.15, 0.2) is 12.1 Å². The van der Waals surface area contributed by atoms with Gasteiger partial charge in [-0.15, -0.1) is 0 Å². The first kappa shape index (κ1) is 13.2. The molecule has 0 aliphatic heterocycles. The molecule has 1 aromatic heterocycles. The lowest BCUT2D eigenvalue weighted by molar-refractivity contribution is 1.21. The number of rotatable bonds is 0. The Morgan fingerprint density at radius 2 is 1.62 bits per heavy atom. The Balaban J connectivity index is 0.000000606. The van der Waals surface area contributed by atoms with Gasteiger partial charge in [0.25, 0.3) is 0 Å². The Morgan fingerprint density at radius 3 is 2.25 bits per heavy atom. The second-order valence-electron chi connectivity index (χ2n) is 3.26. The summed E-state index contributed by atoms with van der Waals surface area (Å²) >= 11 is 11.7. The predicted molar refractivity (Wildman–Crippen MR) is 70.4 cm³/mol. The molecule has 0 N–H and O–H groups in total. The SMILES string of the molecule is CC.Cc1cc(C)c2nc(Cl)nc(Cl)c2c1. The number of aromatic nitrogens is 2. The van der Waals surface area contributed by atoms with Gasteiger partial charge in [-0.3, -0.25) is 0 Å². The first-order valence-electron chi connectivity index (χ1n) is 5.18. The van der Waals surface area contributed by atoms with Crippen LogP contribution in [0.4, 0.5) is 0 Å². The number of fused-ring (bicyclic) bond motifs is 1. The van der Waals surface area contributed by atoms with Crippen LogP contribution in [-0.2, 0) is 0 Å². The van der Waals surface area contributed by atoms with Gasteiger partial charge in [-0.25, -0.2) is 9.97 Å². The molecule has 1 heterocycles. The average molecular weight is 257 g/mol. The van der Waals surface area contributed by atoms with Crippen molar-refractivity contribution in [2.45, 2.75) is 27.7 Å². The minimum Gasteiger partial charge on any atom is -0.218 e. The minimum atomic E-state index is 0.189. The van der Waals surface area contributed by atoms with E-state index in [0.29, 0.717) is 5.15 Å². The van der Waals surface area contributed by atoms with E-state index in [9.17, 15) is 0 Å². The van der Waals surface area contributed by atoms with Crippen molar-refractivity contribution >= 4 is 34.1 Å². The number of hydrogen-bond donors (Lipinski definition) is 0. The van der Waals surface area contributed by atoms with Gasteiger partial charge in [-0.1, -0.05) is 37.1 Å². The molecule has 0 saturated heterocycles. The second-order valence-corrected chi connectivity index (χ2v) is 3.96. The summed E-state index contributed by atoms with van der Waals surface area (Å²) in [4.78, 5) is 8.05. The monoisotopic (exact) mass is 256 g/mol. The fourth-order valence-corrected chi connectivity index (χ4v) is 1.96. The normalized spacial score (nSPS) is 9.88. The van der Waals surface area contributed by atoms with Crippen LogP contribution >= 0.6 is 23.2 Å². The quantitative estimate of drug-likeness (QED) is 0.510. The van der Waals surface area contributed by atoms with Gasteiger partial charge in [0, 0.05) is 5.39 Å². The maximum atomic E-state index is 5.97. The number of aryl methyl sites for hydroxylation is 2. The highest BCUT2D eigenvalue weighted by Crippen LogP contribution is 2.25. The Morgan fingerprint density at radius 1 is 1.00 bits per heavy atom. The van der Waals surface area contributed by atoms with Crippen LogP contribution in [-0.4, -0.2) is 9.97 Å². The van der Waals surface area contributed by atoms with Crippen molar-refractivity contribution in [3.8, 4) is 0 Å². The zero-order chi connectivity index (χ0) is 12.3. The second kappa shape index (κ2) is 5.46. The van der Waals surface area contributed by atoms with Crippen LogP contribution < -0.4 is 0 Å². The van der Waals surface area contributed by atoms with Crippen LogP contribution in [0.25, 0.3) is 10.9 Å². The van der Waals surface area contributed by atoms with Crippen molar-refractivity contribution in [1.82, 2.24) is 9.97 Å². The van der Waals surface area contributed by atoms with E-state index in [1.54, 1.807) is 0 Å². The summed E-state index contributed by atoms with van der Waals surface area (Å²) in [5.74, 6) is 0. The summed E-state index contributed by atoms with van der Waals surface area (Å²) in [5, 5.41) is 1.45. The zero-order valence-electron chi connectivity index (χ0n) is 9.81. The molecule has 2 nitrogen and oxygen atoms in total. The zero-order valence-corrected chi connectivity index (χ0v) is 11.3. The largest absolute Gasteiger partial charge is 0.224 e. The number of halogens is 2. The van der Waals surface area contributed by atoms with Crippen LogP contribution in [0, 0.1) is 13.8 Å². The summed E-state index contributed by atoms with van der Waals surface area (Å²) in [6, 6.07) is 4.00. The van der Waals surface area contributed by atoms with E-state index in [2.05, 4.69) is 9.97 Å². The smallest absolute Gasteiger partial charge is 0.218 e. The van der Waals surface area contributed by atoms with E-state index in [4.69, 9.17) is 23.2 Å². The molecule has 2 aromatic rings. The molecule has 0 atom stereocenters. The molecule has 0 radical (unpaired) electrons. The van der Waals surface area contributed by atoms with Gasteiger partial charge < -0.3 is 0 Å². The summed E-state index contributed by atoms with van der Waals surface area (Å²) < 4.78 is 0. The number of hydrogen-bond acceptors (Lipinski definition) is 2. The van der Waals surface area contributed by atoms with Crippen molar-refractivity contribution in [2.24, 2.45) is 0 Å². The molecule has 0 saturated carbocycles. The van der Waals surface area contributed by atoms with E-state index in [-0.39, 0.29) is 5.28 Å². The fourth-order valence-electron chi connectivity index (χ4n) is 1.52. The van der Waals surface area contributed by atoms with E-state index >= 15 is 0 Å². The van der Waals surface area contributed by atoms with Gasteiger partial charge in [-0.05, 0) is 37.1 Å². The Hall–Kier alpha value is -0.860. The predicted octanol–water partition coefficient (Wildman–Crippen LogP) is 4.58. The highest BCUT2D eigenvalue weighted by molar-refractivity contribution is 6.35. The molecule has 2 rings (SSSR count). The topological polar surface area (TPSA) is 25.8 Å². The highest BCUT2D eigenvalue weighted by Gasteiger charge is 2.07. The average Bonchev–Trinajstić information content (AvgIpc) is 2.23. The van der Waals surface area contributed by atoms with Gasteiger partial charge in [0.15, 0.2) is 0 Å². The molecule has 1 aromatic carbocycles. The maximum Gasteiger partial charge on any atom is 0.224 e. The lowest BCUT2D eigenvalue weighted by Crippen LogP contribution is -1.90. The molecular formula is C12H14Cl2N2. The van der Waals surface area contributed by atoms with Crippen LogP contribution in [0.5, 0.6) is 0 Å². The van der Waals surface area contributed by atoms with E-state index in [1.165, 1.54) is 0 Å². The molecule has 0 aliphatic carbocycles. The van der Waals surface area contributed by atoms with Crippen LogP contribution in [0.2, 0.25) is 10.4 Å². The van der Waals surface area contributed by atoms with E-state index in [1.807, 2.05) is 39.8 Å². The van der Waals surface area contributed by atoms with Crippen LogP contribution in [0.3, 0.4) is 0 Å². The third kappa shape index (κ3) is 2.63. The fraction of sp³-hybridized carbons (Fsp3) is 0.333. The molecule has 0 aliphatic rings. The molecule has 0 amide bonds. The summed E-state index contributed by atoms with van der Waals surface area (Å²) in [6.45, 7) is 7.99. The van der Waals surface area contributed by atoms with E-state index < -0.39 is 0 Å². The maximum absolute atomic E-state index is 5.97. The first-order chi connectivity index (χ1) is 7.58. The van der Waals surface area contributed by atoms with Crippen molar-refractivity contribution in [1.29, 1.82) is 0 Å². The Kier molecular flexibility index (Phi) is 4.51. The Bertz CT molecular complexity index is 463. The molecule has 0 bridgehead atoms. The number of benzene rings is 1. The lowest BCUT2D eigenvalue weighted by Gasteiger charge is -2.04. The van der Waals surface area contributed by atoms with E-state index in [0.717, 1.165) is 22.0 Å². The minimum absolute atomic E-state index is 0.189. The molecular weight excluding hydrogens is 243 g/mol. The molecule has 4 heteroatoms. The van der Waals surface area contributed by atoms with Crippen molar-refractivity contribution in [3.63, 3.8) is 0 Å². The summed E-state index contributed by atoms with van der Waals surface area (Å²) in [6.07, 6.45) is 0. The van der Waals surface area contributed by atoms with Gasteiger partial charge in [0.1, 0.15) is 5.15 Å². The van der Waals surface area contributed by atoms with Gasteiger partial charge in [-0.2, -0.15) is 0 Å². The van der Waals surface area contributed by atoms with Gasteiger partial charge in [0.2, 0.25) is 5.28 Å². The number of nitrogens with zero attached hydrogens (tertiary/aromatic N) is 2. The van der Waals surface area contributed by atoms with Crippen LogP contribution in [0.1, 0.15) is 25.0 Å². The summed E-state index contributed by atoms with van der Waals surface area (Å²) in [5.41, 5.74) is 3.02. The third-order valence-corrected chi connectivity index (χ3v) is 2.52.